The summed E-state index contributed by atoms with van der Waals surface area (Å²) in [5.41, 5.74) is 7.03. The van der Waals surface area contributed by atoms with Crippen molar-refractivity contribution < 1.29 is 4.79 Å². The highest BCUT2D eigenvalue weighted by molar-refractivity contribution is 5.80. The van der Waals surface area contributed by atoms with Gasteiger partial charge in [0.1, 0.15) is 6.04 Å². The van der Waals surface area contributed by atoms with Crippen LogP contribution in [0.25, 0.3) is 0 Å². The van der Waals surface area contributed by atoms with Gasteiger partial charge in [-0.25, -0.2) is 0 Å². The van der Waals surface area contributed by atoms with Gasteiger partial charge in [0.05, 0.1) is 0 Å². The Morgan fingerprint density at radius 2 is 1.95 bits per heavy atom. The molecular formula is C17H25N3O. The summed E-state index contributed by atoms with van der Waals surface area (Å²) in [7, 11) is 0. The van der Waals surface area contributed by atoms with Crippen molar-refractivity contribution in [2.24, 2.45) is 5.73 Å². The third-order valence-electron chi connectivity index (χ3n) is 5.00. The topological polar surface area (TPSA) is 58.4 Å². The van der Waals surface area contributed by atoms with Gasteiger partial charge in [0.25, 0.3) is 0 Å². The number of piperazine rings is 1. The first-order valence-electron chi connectivity index (χ1n) is 8.08. The first-order valence-corrected chi connectivity index (χ1v) is 8.08. The largest absolute Gasteiger partial charge is 0.368 e. The number of nitrogens with zero attached hydrogens (tertiary/aromatic N) is 1. The highest BCUT2D eigenvalue weighted by Crippen LogP contribution is 2.37. The van der Waals surface area contributed by atoms with Crippen molar-refractivity contribution in [2.45, 2.75) is 43.7 Å². The normalized spacial score (nSPS) is 31.0. The minimum atomic E-state index is -0.195. The predicted molar refractivity (Wildman–Crippen MR) is 84.0 cm³/mol. The third kappa shape index (κ3) is 3.11. The lowest BCUT2D eigenvalue weighted by molar-refractivity contribution is -0.125. The lowest BCUT2D eigenvalue weighted by Crippen LogP contribution is -2.61. The van der Waals surface area contributed by atoms with Crippen LogP contribution in [-0.4, -0.2) is 42.5 Å². The summed E-state index contributed by atoms with van der Waals surface area (Å²) >= 11 is 0. The number of carbonyl (C=O) groups is 1. The number of amides is 1. The van der Waals surface area contributed by atoms with Crippen molar-refractivity contribution >= 4 is 5.91 Å². The Balaban J connectivity index is 1.84. The molecule has 114 valence electrons. The zero-order valence-electron chi connectivity index (χ0n) is 12.5. The maximum atomic E-state index is 11.8. The molecule has 3 rings (SSSR count). The van der Waals surface area contributed by atoms with E-state index in [-0.39, 0.29) is 11.9 Å². The van der Waals surface area contributed by atoms with E-state index >= 15 is 0 Å². The van der Waals surface area contributed by atoms with Crippen molar-refractivity contribution in [1.29, 1.82) is 0 Å². The van der Waals surface area contributed by atoms with E-state index in [0.717, 1.165) is 13.1 Å². The van der Waals surface area contributed by atoms with Crippen molar-refractivity contribution in [1.82, 2.24) is 10.2 Å². The van der Waals surface area contributed by atoms with Gasteiger partial charge in [-0.3, -0.25) is 9.69 Å². The average Bonchev–Trinajstić information content (AvgIpc) is 2.55. The predicted octanol–water partition coefficient (Wildman–Crippen LogP) is 1.47. The number of benzene rings is 1. The molecule has 1 aromatic rings. The molecule has 4 nitrogen and oxygen atoms in total. The molecule has 3 unspecified atom stereocenters. The second kappa shape index (κ2) is 6.58. The first-order chi connectivity index (χ1) is 10.3. The van der Waals surface area contributed by atoms with Gasteiger partial charge < -0.3 is 11.1 Å². The number of nitrogens with one attached hydrogen (secondary N) is 1. The van der Waals surface area contributed by atoms with Gasteiger partial charge in [-0.2, -0.15) is 0 Å². The molecule has 0 bridgehead atoms. The number of hydrogen-bond acceptors (Lipinski definition) is 3. The van der Waals surface area contributed by atoms with Gasteiger partial charge in [-0.1, -0.05) is 43.2 Å². The number of hydrogen-bond donors (Lipinski definition) is 2. The molecule has 1 saturated carbocycles. The summed E-state index contributed by atoms with van der Waals surface area (Å²) in [6.07, 6.45) is 4.92. The first kappa shape index (κ1) is 14.5. The van der Waals surface area contributed by atoms with E-state index < -0.39 is 0 Å². The smallest absolute Gasteiger partial charge is 0.236 e. The van der Waals surface area contributed by atoms with Crippen molar-refractivity contribution in [2.75, 3.05) is 19.6 Å². The molecule has 4 heteroatoms. The van der Waals surface area contributed by atoms with Gasteiger partial charge in [-0.05, 0) is 24.3 Å². The minimum Gasteiger partial charge on any atom is -0.368 e. The Hall–Kier alpha value is -1.39. The highest BCUT2D eigenvalue weighted by Gasteiger charge is 2.37. The van der Waals surface area contributed by atoms with E-state index in [1.54, 1.807) is 0 Å². The monoisotopic (exact) mass is 287 g/mol. The zero-order valence-corrected chi connectivity index (χ0v) is 12.5. The fourth-order valence-electron chi connectivity index (χ4n) is 3.98. The van der Waals surface area contributed by atoms with Crippen LogP contribution >= 0.6 is 0 Å². The molecule has 0 aromatic heterocycles. The summed E-state index contributed by atoms with van der Waals surface area (Å²) in [4.78, 5) is 14.2. The lowest BCUT2D eigenvalue weighted by Gasteiger charge is -2.45. The molecule has 1 aromatic carbocycles. The van der Waals surface area contributed by atoms with E-state index in [9.17, 15) is 4.79 Å². The van der Waals surface area contributed by atoms with E-state index in [4.69, 9.17) is 5.73 Å². The van der Waals surface area contributed by atoms with Crippen LogP contribution in [0.4, 0.5) is 0 Å². The Kier molecular flexibility index (Phi) is 4.56. The lowest BCUT2D eigenvalue weighted by atomic mass is 9.78. The Morgan fingerprint density at radius 3 is 2.71 bits per heavy atom. The molecular weight excluding hydrogens is 262 g/mol. The van der Waals surface area contributed by atoms with E-state index in [0.29, 0.717) is 18.5 Å². The molecule has 0 radical (unpaired) electrons. The van der Waals surface area contributed by atoms with Crippen LogP contribution in [0.5, 0.6) is 0 Å². The quantitative estimate of drug-likeness (QED) is 0.885. The molecule has 0 spiro atoms. The molecule has 21 heavy (non-hydrogen) atoms. The fraction of sp³-hybridized carbons (Fsp3) is 0.588. The van der Waals surface area contributed by atoms with Gasteiger partial charge in [0.15, 0.2) is 0 Å². The van der Waals surface area contributed by atoms with Gasteiger partial charge in [0.2, 0.25) is 5.91 Å². The van der Waals surface area contributed by atoms with Crippen LogP contribution in [0.1, 0.15) is 37.2 Å². The maximum Gasteiger partial charge on any atom is 0.236 e. The zero-order chi connectivity index (χ0) is 14.7. The van der Waals surface area contributed by atoms with Crippen molar-refractivity contribution in [3.8, 4) is 0 Å². The summed E-state index contributed by atoms with van der Waals surface area (Å²) in [6.45, 7) is 2.55. The van der Waals surface area contributed by atoms with Crippen LogP contribution in [0.15, 0.2) is 30.3 Å². The number of nitrogens with two attached hydrogens (primary N) is 1. The van der Waals surface area contributed by atoms with E-state index in [1.165, 1.54) is 31.2 Å². The summed E-state index contributed by atoms with van der Waals surface area (Å²) in [6, 6.07) is 11.0. The number of rotatable bonds is 3. The summed E-state index contributed by atoms with van der Waals surface area (Å²) in [5, 5.41) is 3.30. The van der Waals surface area contributed by atoms with Crippen molar-refractivity contribution in [3.63, 3.8) is 0 Å². The molecule has 1 heterocycles. The van der Waals surface area contributed by atoms with Gasteiger partial charge in [0, 0.05) is 25.7 Å². The van der Waals surface area contributed by atoms with Crippen molar-refractivity contribution in [3.05, 3.63) is 35.9 Å². The molecule has 1 aliphatic heterocycles. The van der Waals surface area contributed by atoms with E-state index in [1.807, 2.05) is 0 Å². The van der Waals surface area contributed by atoms with Crippen LogP contribution in [0.2, 0.25) is 0 Å². The number of primary amides is 1. The van der Waals surface area contributed by atoms with Crippen LogP contribution < -0.4 is 11.1 Å². The maximum absolute atomic E-state index is 11.8. The number of carbonyl (C=O) groups excluding carboxylic acids is 1. The standard InChI is InChI=1S/C17H25N3O/c18-17(21)16-12-19-10-11-20(16)15-9-5-4-8-14(15)13-6-2-1-3-7-13/h1-3,6-7,14-16,19H,4-5,8-12H2,(H2,18,21). The third-order valence-corrected chi connectivity index (χ3v) is 5.00. The summed E-state index contributed by atoms with van der Waals surface area (Å²) < 4.78 is 0. The van der Waals surface area contributed by atoms with Crippen LogP contribution in [0, 0.1) is 0 Å². The Labute approximate surface area is 126 Å². The molecule has 2 aliphatic rings. The highest BCUT2D eigenvalue weighted by atomic mass is 16.1. The second-order valence-electron chi connectivity index (χ2n) is 6.23. The Bertz CT molecular complexity index is 476. The molecule has 1 amide bonds. The molecule has 3 N–H and O–H groups in total. The minimum absolute atomic E-state index is 0.159. The van der Waals surface area contributed by atoms with Crippen LogP contribution in [-0.2, 0) is 4.79 Å². The SMILES string of the molecule is NC(=O)C1CNCCN1C1CCCCC1c1ccccc1. The summed E-state index contributed by atoms with van der Waals surface area (Å²) in [5.74, 6) is 0.333. The second-order valence-corrected chi connectivity index (χ2v) is 6.23. The molecule has 2 fully saturated rings. The molecule has 3 atom stereocenters. The average molecular weight is 287 g/mol. The fourth-order valence-corrected chi connectivity index (χ4v) is 3.98. The molecule has 1 aliphatic carbocycles. The van der Waals surface area contributed by atoms with Crippen LogP contribution in [0.3, 0.4) is 0 Å². The van der Waals surface area contributed by atoms with Gasteiger partial charge in [-0.15, -0.1) is 0 Å². The Morgan fingerprint density at radius 1 is 1.19 bits per heavy atom. The molecule has 1 saturated heterocycles. The van der Waals surface area contributed by atoms with Gasteiger partial charge >= 0.3 is 0 Å². The van der Waals surface area contributed by atoms with E-state index in [2.05, 4.69) is 40.5 Å².